The molecule has 1 aromatic carbocycles. The summed E-state index contributed by atoms with van der Waals surface area (Å²) in [4.78, 5) is 11.0. The first-order valence-electron chi connectivity index (χ1n) is 4.49. The Bertz CT molecular complexity index is 385. The van der Waals surface area contributed by atoms with E-state index >= 15 is 0 Å². The second-order valence-electron chi connectivity index (χ2n) is 3.19. The molecule has 5 nitrogen and oxygen atoms in total. The standard InChI is InChI=1S/C10H11NO4/c1-14-8-3-6(4-12)2-7-5-15-10(13)11-9(7)8/h2-3,12H,4-5H2,1H3,(H,11,13). The second kappa shape index (κ2) is 3.78. The van der Waals surface area contributed by atoms with Crippen LogP contribution in [0, 0.1) is 0 Å². The lowest BCUT2D eigenvalue weighted by Crippen LogP contribution is -2.21. The number of fused-ring (bicyclic) bond motifs is 1. The van der Waals surface area contributed by atoms with Crippen molar-refractivity contribution < 1.29 is 19.4 Å². The van der Waals surface area contributed by atoms with Gasteiger partial charge in [0.15, 0.2) is 0 Å². The Labute approximate surface area is 86.6 Å². The van der Waals surface area contributed by atoms with Crippen LogP contribution in [0.4, 0.5) is 10.5 Å². The van der Waals surface area contributed by atoms with E-state index in [0.29, 0.717) is 11.4 Å². The first kappa shape index (κ1) is 9.79. The fraction of sp³-hybridized carbons (Fsp3) is 0.300. The van der Waals surface area contributed by atoms with Crippen LogP contribution in [0.2, 0.25) is 0 Å². The number of ether oxygens (including phenoxy) is 2. The molecule has 2 rings (SSSR count). The van der Waals surface area contributed by atoms with E-state index < -0.39 is 6.09 Å². The van der Waals surface area contributed by atoms with Crippen LogP contribution >= 0.6 is 0 Å². The number of amides is 1. The van der Waals surface area contributed by atoms with Gasteiger partial charge in [0.2, 0.25) is 0 Å². The molecule has 0 spiro atoms. The van der Waals surface area contributed by atoms with Crippen molar-refractivity contribution >= 4 is 11.8 Å². The van der Waals surface area contributed by atoms with Crippen molar-refractivity contribution in [1.82, 2.24) is 0 Å². The molecule has 1 amide bonds. The molecule has 0 saturated heterocycles. The topological polar surface area (TPSA) is 67.8 Å². The Morgan fingerprint density at radius 2 is 2.40 bits per heavy atom. The summed E-state index contributed by atoms with van der Waals surface area (Å²) in [6.45, 7) is 0.128. The highest BCUT2D eigenvalue weighted by Crippen LogP contribution is 2.33. The quantitative estimate of drug-likeness (QED) is 0.769. The van der Waals surface area contributed by atoms with Crippen molar-refractivity contribution in [3.05, 3.63) is 23.3 Å². The summed E-state index contributed by atoms with van der Waals surface area (Å²) < 4.78 is 9.94. The molecular formula is C10H11NO4. The van der Waals surface area contributed by atoms with Crippen molar-refractivity contribution in [3.8, 4) is 5.75 Å². The maximum absolute atomic E-state index is 11.0. The normalized spacial score (nSPS) is 13.9. The highest BCUT2D eigenvalue weighted by Gasteiger charge is 2.20. The third-order valence-corrected chi connectivity index (χ3v) is 2.23. The predicted octanol–water partition coefficient (Wildman–Crippen LogP) is 1.25. The van der Waals surface area contributed by atoms with E-state index in [1.165, 1.54) is 7.11 Å². The maximum atomic E-state index is 11.0. The molecule has 1 aliphatic heterocycles. The van der Waals surface area contributed by atoms with E-state index in [9.17, 15) is 4.79 Å². The van der Waals surface area contributed by atoms with Gasteiger partial charge in [-0.3, -0.25) is 5.32 Å². The van der Waals surface area contributed by atoms with Crippen LogP contribution in [0.5, 0.6) is 5.75 Å². The highest BCUT2D eigenvalue weighted by atomic mass is 16.6. The van der Waals surface area contributed by atoms with Crippen molar-refractivity contribution in [2.45, 2.75) is 13.2 Å². The second-order valence-corrected chi connectivity index (χ2v) is 3.19. The number of hydrogen-bond donors (Lipinski definition) is 2. The number of cyclic esters (lactones) is 1. The molecule has 15 heavy (non-hydrogen) atoms. The van der Waals surface area contributed by atoms with Gasteiger partial charge >= 0.3 is 6.09 Å². The summed E-state index contributed by atoms with van der Waals surface area (Å²) in [6.07, 6.45) is -0.488. The summed E-state index contributed by atoms with van der Waals surface area (Å²) in [6, 6.07) is 3.46. The first-order valence-corrected chi connectivity index (χ1v) is 4.49. The molecule has 0 unspecified atom stereocenters. The first-order chi connectivity index (χ1) is 7.24. The third kappa shape index (κ3) is 1.73. The zero-order valence-electron chi connectivity index (χ0n) is 8.24. The summed E-state index contributed by atoms with van der Waals surface area (Å²) in [5.41, 5.74) is 2.15. The van der Waals surface area contributed by atoms with Crippen molar-refractivity contribution in [3.63, 3.8) is 0 Å². The Morgan fingerprint density at radius 1 is 1.60 bits per heavy atom. The lowest BCUT2D eigenvalue weighted by atomic mass is 10.1. The molecule has 0 radical (unpaired) electrons. The van der Waals surface area contributed by atoms with Crippen LogP contribution in [0.15, 0.2) is 12.1 Å². The molecule has 0 aliphatic carbocycles. The Kier molecular flexibility index (Phi) is 2.47. The molecular weight excluding hydrogens is 198 g/mol. The van der Waals surface area contributed by atoms with Gasteiger partial charge in [-0.1, -0.05) is 0 Å². The number of hydrogen-bond acceptors (Lipinski definition) is 4. The lowest BCUT2D eigenvalue weighted by Gasteiger charge is -2.20. The maximum Gasteiger partial charge on any atom is 0.412 e. The number of anilines is 1. The number of methoxy groups -OCH3 is 1. The van der Waals surface area contributed by atoms with E-state index in [1.54, 1.807) is 12.1 Å². The molecule has 0 bridgehead atoms. The molecule has 1 aromatic rings. The number of carbonyl (C=O) groups is 1. The van der Waals surface area contributed by atoms with Gasteiger partial charge in [-0.2, -0.15) is 0 Å². The SMILES string of the molecule is COc1cc(CO)cc2c1NC(=O)OC2. The van der Waals surface area contributed by atoms with Crippen LogP contribution in [0.25, 0.3) is 0 Å². The fourth-order valence-electron chi connectivity index (χ4n) is 1.53. The third-order valence-electron chi connectivity index (χ3n) is 2.23. The van der Waals surface area contributed by atoms with E-state index in [-0.39, 0.29) is 13.2 Å². The molecule has 1 aliphatic rings. The molecule has 1 heterocycles. The number of aliphatic hydroxyl groups is 1. The zero-order valence-corrected chi connectivity index (χ0v) is 8.24. The van der Waals surface area contributed by atoms with Gasteiger partial charge in [0.25, 0.3) is 0 Å². The van der Waals surface area contributed by atoms with E-state index in [2.05, 4.69) is 5.32 Å². The Morgan fingerprint density at radius 3 is 3.07 bits per heavy atom. The van der Waals surface area contributed by atoms with Gasteiger partial charge in [-0.25, -0.2) is 4.79 Å². The summed E-state index contributed by atoms with van der Waals surface area (Å²) in [7, 11) is 1.51. The lowest BCUT2D eigenvalue weighted by molar-refractivity contribution is 0.151. The van der Waals surface area contributed by atoms with Crippen LogP contribution in [0.1, 0.15) is 11.1 Å². The van der Waals surface area contributed by atoms with Gasteiger partial charge in [0, 0.05) is 5.56 Å². The molecule has 0 fully saturated rings. The largest absolute Gasteiger partial charge is 0.495 e. The smallest absolute Gasteiger partial charge is 0.412 e. The molecule has 0 atom stereocenters. The minimum Gasteiger partial charge on any atom is -0.495 e. The van der Waals surface area contributed by atoms with E-state index in [4.69, 9.17) is 14.6 Å². The number of carbonyl (C=O) groups excluding carboxylic acids is 1. The molecule has 80 valence electrons. The average Bonchev–Trinajstić information content (AvgIpc) is 2.27. The van der Waals surface area contributed by atoms with Gasteiger partial charge < -0.3 is 14.6 Å². The minimum absolute atomic E-state index is 0.0718. The molecule has 2 N–H and O–H groups in total. The highest BCUT2D eigenvalue weighted by molar-refractivity contribution is 5.90. The summed E-state index contributed by atoms with van der Waals surface area (Å²) in [5.74, 6) is 0.535. The van der Waals surface area contributed by atoms with Crippen molar-refractivity contribution in [2.24, 2.45) is 0 Å². The number of rotatable bonds is 2. The van der Waals surface area contributed by atoms with Crippen molar-refractivity contribution in [2.75, 3.05) is 12.4 Å². The Hall–Kier alpha value is -1.75. The van der Waals surface area contributed by atoms with Crippen LogP contribution in [-0.2, 0) is 18.0 Å². The predicted molar refractivity (Wildman–Crippen MR) is 52.7 cm³/mol. The molecule has 0 saturated carbocycles. The molecule has 0 aromatic heterocycles. The zero-order chi connectivity index (χ0) is 10.8. The van der Waals surface area contributed by atoms with Gasteiger partial charge in [-0.05, 0) is 17.7 Å². The van der Waals surface area contributed by atoms with Crippen molar-refractivity contribution in [1.29, 1.82) is 0 Å². The number of nitrogens with one attached hydrogen (secondary N) is 1. The van der Waals surface area contributed by atoms with Gasteiger partial charge in [0.1, 0.15) is 12.4 Å². The Balaban J connectivity index is 2.49. The van der Waals surface area contributed by atoms with E-state index in [1.807, 2.05) is 0 Å². The monoisotopic (exact) mass is 209 g/mol. The van der Waals surface area contributed by atoms with Crippen LogP contribution in [-0.4, -0.2) is 18.3 Å². The molecule has 5 heteroatoms. The van der Waals surface area contributed by atoms with Crippen LogP contribution < -0.4 is 10.1 Å². The number of aliphatic hydroxyl groups excluding tert-OH is 1. The van der Waals surface area contributed by atoms with Gasteiger partial charge in [-0.15, -0.1) is 0 Å². The van der Waals surface area contributed by atoms with Gasteiger partial charge in [0.05, 0.1) is 19.4 Å². The fourth-order valence-corrected chi connectivity index (χ4v) is 1.53. The van der Waals surface area contributed by atoms with Crippen LogP contribution in [0.3, 0.4) is 0 Å². The minimum atomic E-state index is -0.488. The average molecular weight is 209 g/mol. The summed E-state index contributed by atoms with van der Waals surface area (Å²) >= 11 is 0. The number of benzene rings is 1. The summed E-state index contributed by atoms with van der Waals surface area (Å²) in [5, 5.41) is 11.6. The van der Waals surface area contributed by atoms with E-state index in [0.717, 1.165) is 11.1 Å².